The maximum absolute atomic E-state index is 12.6. The number of rotatable bonds is 1. The average Bonchev–Trinajstić information content (AvgIpc) is 2.61. The number of carbonyl (C=O) groups is 1. The summed E-state index contributed by atoms with van der Waals surface area (Å²) in [4.78, 5) is 14.7. The molecule has 1 amide bonds. The molecule has 0 spiro atoms. The lowest BCUT2D eigenvalue weighted by molar-refractivity contribution is -0.137. The Kier molecular flexibility index (Phi) is 2.81. The van der Waals surface area contributed by atoms with Crippen LogP contribution >= 0.6 is 0 Å². The molecular weight excluding hydrogens is 212 g/mol. The third kappa shape index (κ3) is 1.79. The molecule has 1 aliphatic heterocycles. The Morgan fingerprint density at radius 2 is 1.71 bits per heavy atom. The highest BCUT2D eigenvalue weighted by atomic mass is 16.2. The number of nitrogens with zero attached hydrogens (tertiary/aromatic N) is 1. The molecule has 2 rings (SSSR count). The van der Waals surface area contributed by atoms with Crippen molar-refractivity contribution in [2.75, 3.05) is 13.1 Å². The zero-order chi connectivity index (χ0) is 13.0. The molecule has 1 saturated carbocycles. The van der Waals surface area contributed by atoms with Gasteiger partial charge in [0.25, 0.3) is 0 Å². The van der Waals surface area contributed by atoms with Crippen molar-refractivity contribution in [2.45, 2.75) is 53.6 Å². The van der Waals surface area contributed by atoms with Gasteiger partial charge in [-0.15, -0.1) is 0 Å². The molecule has 2 unspecified atom stereocenters. The van der Waals surface area contributed by atoms with Gasteiger partial charge in [0, 0.05) is 31.1 Å². The van der Waals surface area contributed by atoms with Crippen LogP contribution in [-0.4, -0.2) is 36.0 Å². The minimum Gasteiger partial charge on any atom is -0.337 e. The van der Waals surface area contributed by atoms with Crippen molar-refractivity contribution in [3.63, 3.8) is 0 Å². The molecular formula is C14H26N2O. The standard InChI is InChI=1S/C14H26N2O/c1-9-8-16(10(2)7-15-9)12(17)11-13(3,4)14(11,5)6/h9-11,15H,7-8H2,1-6H3. The van der Waals surface area contributed by atoms with Gasteiger partial charge in [-0.25, -0.2) is 0 Å². The van der Waals surface area contributed by atoms with Gasteiger partial charge in [0.05, 0.1) is 0 Å². The topological polar surface area (TPSA) is 32.3 Å². The van der Waals surface area contributed by atoms with E-state index < -0.39 is 0 Å². The van der Waals surface area contributed by atoms with Gasteiger partial charge in [-0.1, -0.05) is 27.7 Å². The van der Waals surface area contributed by atoms with Crippen molar-refractivity contribution in [1.29, 1.82) is 0 Å². The highest BCUT2D eigenvalue weighted by molar-refractivity contribution is 5.84. The van der Waals surface area contributed by atoms with Crippen LogP contribution in [0.25, 0.3) is 0 Å². The zero-order valence-electron chi connectivity index (χ0n) is 12.0. The second-order valence-electron chi connectivity index (χ2n) is 7.03. The van der Waals surface area contributed by atoms with Crippen LogP contribution in [-0.2, 0) is 4.79 Å². The molecule has 3 nitrogen and oxygen atoms in total. The Morgan fingerprint density at radius 1 is 1.18 bits per heavy atom. The highest BCUT2D eigenvalue weighted by Crippen LogP contribution is 2.68. The molecule has 0 aromatic rings. The number of nitrogens with one attached hydrogen (secondary N) is 1. The molecule has 1 heterocycles. The molecule has 1 aliphatic carbocycles. The number of hydrogen-bond donors (Lipinski definition) is 1. The van der Waals surface area contributed by atoms with Crippen LogP contribution in [0.3, 0.4) is 0 Å². The number of hydrogen-bond acceptors (Lipinski definition) is 2. The maximum atomic E-state index is 12.6. The summed E-state index contributed by atoms with van der Waals surface area (Å²) in [6, 6.07) is 0.742. The summed E-state index contributed by atoms with van der Waals surface area (Å²) in [5, 5.41) is 3.42. The van der Waals surface area contributed by atoms with Gasteiger partial charge < -0.3 is 10.2 Å². The molecule has 0 radical (unpaired) electrons. The van der Waals surface area contributed by atoms with Gasteiger partial charge in [0.1, 0.15) is 0 Å². The smallest absolute Gasteiger partial charge is 0.227 e. The lowest BCUT2D eigenvalue weighted by Gasteiger charge is -2.38. The summed E-state index contributed by atoms with van der Waals surface area (Å²) >= 11 is 0. The predicted octanol–water partition coefficient (Wildman–Crippen LogP) is 1.88. The van der Waals surface area contributed by atoms with Gasteiger partial charge in [0.15, 0.2) is 0 Å². The van der Waals surface area contributed by atoms with E-state index in [-0.39, 0.29) is 16.7 Å². The fourth-order valence-corrected chi connectivity index (χ4v) is 3.31. The highest BCUT2D eigenvalue weighted by Gasteiger charge is 2.69. The molecule has 17 heavy (non-hydrogen) atoms. The summed E-state index contributed by atoms with van der Waals surface area (Å²) < 4.78 is 0. The zero-order valence-corrected chi connectivity index (χ0v) is 12.0. The molecule has 0 bridgehead atoms. The van der Waals surface area contributed by atoms with Crippen LogP contribution in [0.4, 0.5) is 0 Å². The van der Waals surface area contributed by atoms with Gasteiger partial charge >= 0.3 is 0 Å². The molecule has 3 heteroatoms. The van der Waals surface area contributed by atoms with Crippen LogP contribution in [0.15, 0.2) is 0 Å². The van der Waals surface area contributed by atoms with Crippen LogP contribution in [0.1, 0.15) is 41.5 Å². The van der Waals surface area contributed by atoms with E-state index in [2.05, 4.69) is 51.8 Å². The molecule has 0 aromatic heterocycles. The van der Waals surface area contributed by atoms with E-state index in [1.165, 1.54) is 0 Å². The molecule has 1 N–H and O–H groups in total. The monoisotopic (exact) mass is 238 g/mol. The van der Waals surface area contributed by atoms with Gasteiger partial charge in [-0.05, 0) is 24.7 Å². The van der Waals surface area contributed by atoms with Crippen molar-refractivity contribution in [3.8, 4) is 0 Å². The lowest BCUT2D eigenvalue weighted by atomic mass is 10.0. The van der Waals surface area contributed by atoms with E-state index in [0.29, 0.717) is 18.0 Å². The minimum absolute atomic E-state index is 0.151. The van der Waals surface area contributed by atoms with E-state index in [4.69, 9.17) is 0 Å². The Hall–Kier alpha value is -0.570. The third-order valence-corrected chi connectivity index (χ3v) is 5.32. The molecule has 2 fully saturated rings. The van der Waals surface area contributed by atoms with Gasteiger partial charge in [0.2, 0.25) is 5.91 Å². The van der Waals surface area contributed by atoms with Crippen molar-refractivity contribution >= 4 is 5.91 Å². The van der Waals surface area contributed by atoms with Crippen molar-refractivity contribution < 1.29 is 4.79 Å². The largest absolute Gasteiger partial charge is 0.337 e. The van der Waals surface area contributed by atoms with E-state index >= 15 is 0 Å². The van der Waals surface area contributed by atoms with Gasteiger partial charge in [-0.3, -0.25) is 4.79 Å². The number of amides is 1. The first-order valence-electron chi connectivity index (χ1n) is 6.73. The van der Waals surface area contributed by atoms with Crippen LogP contribution in [0, 0.1) is 16.7 Å². The average molecular weight is 238 g/mol. The number of piperazine rings is 1. The predicted molar refractivity (Wildman–Crippen MR) is 69.7 cm³/mol. The first-order chi connectivity index (χ1) is 7.69. The fourth-order valence-electron chi connectivity index (χ4n) is 3.31. The van der Waals surface area contributed by atoms with Crippen molar-refractivity contribution in [2.24, 2.45) is 16.7 Å². The van der Waals surface area contributed by atoms with Crippen molar-refractivity contribution in [3.05, 3.63) is 0 Å². The lowest BCUT2D eigenvalue weighted by Crippen LogP contribution is -2.57. The Bertz CT molecular complexity index is 321. The van der Waals surface area contributed by atoms with E-state index in [9.17, 15) is 4.79 Å². The van der Waals surface area contributed by atoms with E-state index in [1.807, 2.05) is 0 Å². The summed E-state index contributed by atoms with van der Waals surface area (Å²) in [5.41, 5.74) is 0.301. The second kappa shape index (κ2) is 3.71. The Morgan fingerprint density at radius 3 is 2.18 bits per heavy atom. The Labute approximate surface area is 105 Å². The fraction of sp³-hybridized carbons (Fsp3) is 0.929. The molecule has 2 atom stereocenters. The van der Waals surface area contributed by atoms with E-state index in [0.717, 1.165) is 13.1 Å². The van der Waals surface area contributed by atoms with E-state index in [1.54, 1.807) is 0 Å². The molecule has 2 aliphatic rings. The summed E-state index contributed by atoms with van der Waals surface area (Å²) in [5.74, 6) is 0.559. The molecule has 1 saturated heterocycles. The summed E-state index contributed by atoms with van der Waals surface area (Å²) in [6.45, 7) is 14.9. The Balaban J connectivity index is 2.11. The summed E-state index contributed by atoms with van der Waals surface area (Å²) in [6.07, 6.45) is 0. The summed E-state index contributed by atoms with van der Waals surface area (Å²) in [7, 11) is 0. The van der Waals surface area contributed by atoms with Crippen LogP contribution in [0.5, 0.6) is 0 Å². The van der Waals surface area contributed by atoms with Crippen LogP contribution < -0.4 is 5.32 Å². The molecule has 0 aromatic carbocycles. The quantitative estimate of drug-likeness (QED) is 0.756. The minimum atomic E-state index is 0.151. The second-order valence-corrected chi connectivity index (χ2v) is 7.03. The van der Waals surface area contributed by atoms with Crippen molar-refractivity contribution in [1.82, 2.24) is 10.2 Å². The SMILES string of the molecule is CC1CN(C(=O)C2C(C)(C)C2(C)C)C(C)CN1. The van der Waals surface area contributed by atoms with Crippen LogP contribution in [0.2, 0.25) is 0 Å². The normalized spacial score (nSPS) is 35.8. The third-order valence-electron chi connectivity index (χ3n) is 5.32. The maximum Gasteiger partial charge on any atom is 0.227 e. The molecule has 98 valence electrons. The van der Waals surface area contributed by atoms with Gasteiger partial charge in [-0.2, -0.15) is 0 Å². The first kappa shape index (κ1) is 12.9. The number of carbonyl (C=O) groups excluding carboxylic acids is 1. The first-order valence-corrected chi connectivity index (χ1v) is 6.73.